The van der Waals surface area contributed by atoms with Crippen LogP contribution in [0.1, 0.15) is 61.7 Å². The lowest BCUT2D eigenvalue weighted by Gasteiger charge is -2.38. The van der Waals surface area contributed by atoms with Crippen molar-refractivity contribution in [3.63, 3.8) is 0 Å². The molecule has 1 atom stereocenters. The number of rotatable bonds is 3. The van der Waals surface area contributed by atoms with Gasteiger partial charge in [0.1, 0.15) is 0 Å². The number of carbonyl (C=O) groups excluding carboxylic acids is 1. The van der Waals surface area contributed by atoms with Gasteiger partial charge in [-0.1, -0.05) is 25.7 Å². The molecule has 1 saturated carbocycles. The number of likely N-dealkylation sites (tertiary alicyclic amines) is 1. The fraction of sp³-hybridized carbons (Fsp3) is 0.632. The highest BCUT2D eigenvalue weighted by Crippen LogP contribution is 2.25. The highest BCUT2D eigenvalue weighted by Gasteiger charge is 2.27. The molecule has 2 heterocycles. The number of hydrogen-bond acceptors (Lipinski definition) is 5. The van der Waals surface area contributed by atoms with E-state index in [4.69, 9.17) is 0 Å². The molecule has 4 rings (SSSR count). The van der Waals surface area contributed by atoms with Gasteiger partial charge in [0.05, 0.1) is 0 Å². The summed E-state index contributed by atoms with van der Waals surface area (Å²) in [6.07, 6.45) is 10.1. The highest BCUT2D eigenvalue weighted by molar-refractivity contribution is 5.97. The van der Waals surface area contributed by atoms with E-state index in [1.54, 1.807) is 18.2 Å². The Hall–Kier alpha value is -2.15. The third-order valence-corrected chi connectivity index (χ3v) is 5.78. The first-order valence-corrected chi connectivity index (χ1v) is 9.75. The molecule has 0 spiro atoms. The summed E-state index contributed by atoms with van der Waals surface area (Å²) < 4.78 is 4.56. The fourth-order valence-electron chi connectivity index (χ4n) is 4.36. The van der Waals surface area contributed by atoms with Gasteiger partial charge in [-0.15, -0.1) is 0 Å². The van der Waals surface area contributed by atoms with Crippen LogP contribution in [0.15, 0.2) is 22.8 Å². The van der Waals surface area contributed by atoms with Gasteiger partial charge in [0.2, 0.25) is 11.0 Å². The van der Waals surface area contributed by atoms with E-state index in [1.807, 2.05) is 0 Å². The van der Waals surface area contributed by atoms with Crippen molar-refractivity contribution in [2.75, 3.05) is 13.1 Å². The average molecular weight is 358 g/mol. The zero-order valence-electron chi connectivity index (χ0n) is 15.0. The number of piperidine rings is 1. The van der Waals surface area contributed by atoms with Gasteiger partial charge in [0, 0.05) is 35.4 Å². The minimum Gasteiger partial charge on any atom is -0.359 e. The molecule has 1 unspecified atom stereocenters. The van der Waals surface area contributed by atoms with Crippen molar-refractivity contribution in [2.45, 2.75) is 63.5 Å². The molecule has 2 aromatic rings. The molecule has 7 nitrogen and oxygen atoms in total. The van der Waals surface area contributed by atoms with Crippen molar-refractivity contribution in [3.8, 4) is 0 Å². The van der Waals surface area contributed by atoms with Crippen LogP contribution in [-0.4, -0.2) is 41.1 Å². The topological polar surface area (TPSA) is 85.3 Å². The van der Waals surface area contributed by atoms with Crippen LogP contribution >= 0.6 is 0 Å². The number of benzene rings is 1. The standard InChI is InChI=1S/C19H26N4O3/c24-19(14-9-10-18-17(12-14)21-26-23(18)25)20-15-6-5-11-22(13-15)16-7-3-1-2-4-8-16/h9-10,12,15-16H,1-8,11,13H2,(H,20,24). The Kier molecular flexibility index (Phi) is 5.06. The number of nitrogens with one attached hydrogen (secondary N) is 1. The summed E-state index contributed by atoms with van der Waals surface area (Å²) in [5.74, 6) is -0.111. The first-order valence-electron chi connectivity index (χ1n) is 9.75. The van der Waals surface area contributed by atoms with Crippen LogP contribution in [0.25, 0.3) is 11.0 Å². The Morgan fingerprint density at radius 2 is 2.00 bits per heavy atom. The first-order chi connectivity index (χ1) is 12.7. The third kappa shape index (κ3) is 3.67. The quantitative estimate of drug-likeness (QED) is 0.672. The number of fused-ring (bicyclic) bond motifs is 1. The van der Waals surface area contributed by atoms with E-state index in [1.165, 1.54) is 38.5 Å². The van der Waals surface area contributed by atoms with E-state index in [0.717, 1.165) is 25.9 Å². The number of carbonyl (C=O) groups is 1. The van der Waals surface area contributed by atoms with E-state index in [0.29, 0.717) is 27.5 Å². The predicted molar refractivity (Wildman–Crippen MR) is 96.5 cm³/mol. The van der Waals surface area contributed by atoms with Crippen LogP contribution in [0, 0.1) is 5.21 Å². The summed E-state index contributed by atoms with van der Waals surface area (Å²) >= 11 is 0. The fourth-order valence-corrected chi connectivity index (χ4v) is 4.36. The van der Waals surface area contributed by atoms with Gasteiger partial charge in [0.15, 0.2) is 0 Å². The zero-order valence-corrected chi connectivity index (χ0v) is 15.0. The molecular weight excluding hydrogens is 332 g/mol. The van der Waals surface area contributed by atoms with Gasteiger partial charge in [-0.05, 0) is 49.3 Å². The van der Waals surface area contributed by atoms with Gasteiger partial charge < -0.3 is 10.5 Å². The minimum absolute atomic E-state index is 0.111. The molecule has 7 heteroatoms. The van der Waals surface area contributed by atoms with Crippen molar-refractivity contribution in [3.05, 3.63) is 29.0 Å². The molecule has 0 radical (unpaired) electrons. The van der Waals surface area contributed by atoms with Crippen LogP contribution in [-0.2, 0) is 0 Å². The minimum atomic E-state index is -0.111. The molecule has 1 N–H and O–H groups in total. The summed E-state index contributed by atoms with van der Waals surface area (Å²) in [5.41, 5.74) is 1.24. The van der Waals surface area contributed by atoms with Crippen molar-refractivity contribution in [1.82, 2.24) is 15.4 Å². The van der Waals surface area contributed by atoms with Crippen molar-refractivity contribution < 1.29 is 14.3 Å². The SMILES string of the molecule is O=C(NC1CCCN(C2CCCCCC2)C1)c1ccc2c(c1)no[n+]2[O-]. The second kappa shape index (κ2) is 7.61. The first kappa shape index (κ1) is 17.3. The molecule has 1 aromatic carbocycles. The second-order valence-electron chi connectivity index (χ2n) is 7.59. The molecule has 1 aromatic heterocycles. The average Bonchev–Trinajstić information content (AvgIpc) is 2.86. The highest BCUT2D eigenvalue weighted by atomic mass is 16.8. The van der Waals surface area contributed by atoms with Gasteiger partial charge in [0.25, 0.3) is 5.91 Å². The number of aromatic nitrogens is 2. The lowest BCUT2D eigenvalue weighted by atomic mass is 9.99. The Morgan fingerprint density at radius 1 is 1.19 bits per heavy atom. The molecule has 140 valence electrons. The number of hydrogen-bond donors (Lipinski definition) is 1. The molecule has 0 bridgehead atoms. The monoisotopic (exact) mass is 358 g/mol. The molecule has 1 amide bonds. The van der Waals surface area contributed by atoms with E-state index in [-0.39, 0.29) is 11.9 Å². The van der Waals surface area contributed by atoms with E-state index in [2.05, 4.69) is 20.0 Å². The molecule has 1 saturated heterocycles. The molecular formula is C19H26N4O3. The Morgan fingerprint density at radius 3 is 2.81 bits per heavy atom. The summed E-state index contributed by atoms with van der Waals surface area (Å²) in [5, 5.41) is 18.2. The number of amides is 1. The predicted octanol–water partition coefficient (Wildman–Crippen LogP) is 2.38. The third-order valence-electron chi connectivity index (χ3n) is 5.78. The van der Waals surface area contributed by atoms with Crippen LogP contribution in [0.3, 0.4) is 0 Å². The van der Waals surface area contributed by atoms with Crippen LogP contribution in [0.5, 0.6) is 0 Å². The Bertz CT molecular complexity index is 767. The maximum Gasteiger partial charge on any atom is 0.251 e. The maximum atomic E-state index is 12.6. The summed E-state index contributed by atoms with van der Waals surface area (Å²) in [6, 6.07) is 5.68. The smallest absolute Gasteiger partial charge is 0.251 e. The molecule has 1 aliphatic carbocycles. The van der Waals surface area contributed by atoms with Crippen molar-refractivity contribution in [2.24, 2.45) is 0 Å². The van der Waals surface area contributed by atoms with Gasteiger partial charge in [-0.25, -0.2) is 0 Å². The van der Waals surface area contributed by atoms with Gasteiger partial charge >= 0.3 is 0 Å². The van der Waals surface area contributed by atoms with Crippen molar-refractivity contribution >= 4 is 16.9 Å². The second-order valence-corrected chi connectivity index (χ2v) is 7.59. The van der Waals surface area contributed by atoms with Crippen LogP contribution < -0.4 is 10.2 Å². The maximum absolute atomic E-state index is 12.6. The van der Waals surface area contributed by atoms with Crippen molar-refractivity contribution in [1.29, 1.82) is 0 Å². The number of nitrogens with zero attached hydrogens (tertiary/aromatic N) is 3. The lowest BCUT2D eigenvalue weighted by molar-refractivity contribution is -0.782. The molecule has 2 aliphatic rings. The van der Waals surface area contributed by atoms with Gasteiger partial charge in [-0.3, -0.25) is 14.3 Å². The lowest BCUT2D eigenvalue weighted by Crippen LogP contribution is -2.50. The van der Waals surface area contributed by atoms with E-state index < -0.39 is 0 Å². The zero-order chi connectivity index (χ0) is 17.9. The van der Waals surface area contributed by atoms with Crippen LogP contribution in [0.4, 0.5) is 0 Å². The molecule has 26 heavy (non-hydrogen) atoms. The summed E-state index contributed by atoms with van der Waals surface area (Å²) in [4.78, 5) is 15.6. The summed E-state index contributed by atoms with van der Waals surface area (Å²) in [7, 11) is 0. The summed E-state index contributed by atoms with van der Waals surface area (Å²) in [6.45, 7) is 2.08. The van der Waals surface area contributed by atoms with E-state index >= 15 is 0 Å². The Balaban J connectivity index is 1.39. The molecule has 1 aliphatic heterocycles. The van der Waals surface area contributed by atoms with Crippen LogP contribution in [0.2, 0.25) is 0 Å². The largest absolute Gasteiger partial charge is 0.359 e. The van der Waals surface area contributed by atoms with Gasteiger partial charge in [-0.2, -0.15) is 0 Å². The molecule has 2 fully saturated rings. The Labute approximate surface area is 152 Å². The normalized spacial score (nSPS) is 23.0. The van der Waals surface area contributed by atoms with E-state index in [9.17, 15) is 10.0 Å².